The minimum Gasteiger partial charge on any atom is -0.301 e. The lowest BCUT2D eigenvalue weighted by molar-refractivity contribution is -0.124. The summed E-state index contributed by atoms with van der Waals surface area (Å²) in [6, 6.07) is 6.24. The summed E-state index contributed by atoms with van der Waals surface area (Å²) in [5.41, 5.74) is 1.26. The number of halogens is 1. The number of benzene rings is 1. The summed E-state index contributed by atoms with van der Waals surface area (Å²) in [6.07, 6.45) is 2.62. The number of anilines is 1. The molecule has 1 amide bonds. The molecule has 1 aromatic heterocycles. The lowest BCUT2D eigenvalue weighted by atomic mass is 9.64. The van der Waals surface area contributed by atoms with Crippen LogP contribution in [0.15, 0.2) is 29.6 Å². The van der Waals surface area contributed by atoms with Gasteiger partial charge in [-0.05, 0) is 37.5 Å². The lowest BCUT2D eigenvalue weighted by Crippen LogP contribution is -2.46. The van der Waals surface area contributed by atoms with E-state index >= 15 is 0 Å². The van der Waals surface area contributed by atoms with Crippen LogP contribution >= 0.6 is 11.3 Å². The first-order valence-electron chi connectivity index (χ1n) is 6.60. The van der Waals surface area contributed by atoms with Crippen LogP contribution in [0, 0.1) is 12.7 Å². The molecule has 1 aromatic carbocycles. The quantitative estimate of drug-likeness (QED) is 0.937. The highest BCUT2D eigenvalue weighted by molar-refractivity contribution is 7.13. The second-order valence-corrected chi connectivity index (χ2v) is 6.05. The number of amides is 1. The molecule has 1 aliphatic rings. The van der Waals surface area contributed by atoms with Crippen molar-refractivity contribution in [1.82, 2.24) is 4.98 Å². The molecule has 0 bridgehead atoms. The number of nitrogens with zero attached hydrogens (tertiary/aromatic N) is 1. The normalized spacial score (nSPS) is 16.5. The molecule has 0 spiro atoms. The monoisotopic (exact) mass is 290 g/mol. The van der Waals surface area contributed by atoms with Gasteiger partial charge in [-0.15, -0.1) is 11.3 Å². The van der Waals surface area contributed by atoms with E-state index in [2.05, 4.69) is 10.3 Å². The summed E-state index contributed by atoms with van der Waals surface area (Å²) in [4.78, 5) is 16.8. The molecule has 1 saturated carbocycles. The Labute approximate surface area is 120 Å². The molecule has 1 fully saturated rings. The van der Waals surface area contributed by atoms with Crippen LogP contribution in [-0.4, -0.2) is 10.9 Å². The summed E-state index contributed by atoms with van der Waals surface area (Å²) < 4.78 is 13.0. The van der Waals surface area contributed by atoms with Gasteiger partial charge in [0.1, 0.15) is 5.82 Å². The van der Waals surface area contributed by atoms with Gasteiger partial charge in [0.2, 0.25) is 5.91 Å². The van der Waals surface area contributed by atoms with Crippen molar-refractivity contribution in [1.29, 1.82) is 0 Å². The highest BCUT2D eigenvalue weighted by Crippen LogP contribution is 2.44. The van der Waals surface area contributed by atoms with Crippen LogP contribution in [0.5, 0.6) is 0 Å². The van der Waals surface area contributed by atoms with Crippen molar-refractivity contribution in [3.05, 3.63) is 46.7 Å². The summed E-state index contributed by atoms with van der Waals surface area (Å²) in [6.45, 7) is 1.89. The Kier molecular flexibility index (Phi) is 3.30. The average molecular weight is 290 g/mol. The molecule has 3 nitrogen and oxygen atoms in total. The molecule has 0 saturated heterocycles. The lowest BCUT2D eigenvalue weighted by Gasteiger charge is -2.40. The van der Waals surface area contributed by atoms with Crippen molar-refractivity contribution in [3.8, 4) is 0 Å². The van der Waals surface area contributed by atoms with Gasteiger partial charge >= 0.3 is 0 Å². The van der Waals surface area contributed by atoms with Gasteiger partial charge < -0.3 is 5.32 Å². The molecular formula is C15H15FN2OS. The Morgan fingerprint density at radius 1 is 1.35 bits per heavy atom. The second-order valence-electron chi connectivity index (χ2n) is 5.19. The molecule has 0 unspecified atom stereocenters. The number of hydrogen-bond donors (Lipinski definition) is 1. The molecule has 2 aromatic rings. The first kappa shape index (κ1) is 13.2. The molecule has 3 rings (SSSR count). The van der Waals surface area contributed by atoms with Crippen LogP contribution in [-0.2, 0) is 10.2 Å². The fourth-order valence-electron chi connectivity index (χ4n) is 2.57. The van der Waals surface area contributed by atoms with Gasteiger partial charge in [-0.2, -0.15) is 0 Å². The van der Waals surface area contributed by atoms with Gasteiger partial charge in [0.15, 0.2) is 5.13 Å². The highest BCUT2D eigenvalue weighted by Gasteiger charge is 2.45. The van der Waals surface area contributed by atoms with Crippen molar-refractivity contribution in [2.24, 2.45) is 0 Å². The van der Waals surface area contributed by atoms with Gasteiger partial charge in [-0.3, -0.25) is 4.79 Å². The molecule has 104 valence electrons. The molecule has 0 radical (unpaired) electrons. The van der Waals surface area contributed by atoms with Crippen molar-refractivity contribution in [2.75, 3.05) is 5.32 Å². The van der Waals surface area contributed by atoms with Gasteiger partial charge in [0, 0.05) is 5.38 Å². The van der Waals surface area contributed by atoms with Crippen LogP contribution in [0.4, 0.5) is 9.52 Å². The number of carbonyl (C=O) groups is 1. The SMILES string of the molecule is Cc1csc(NC(=O)C2(c3ccc(F)cc3)CCC2)n1. The summed E-state index contributed by atoms with van der Waals surface area (Å²) in [5.74, 6) is -0.316. The van der Waals surface area contributed by atoms with Crippen LogP contribution in [0.25, 0.3) is 0 Å². The van der Waals surface area contributed by atoms with Gasteiger partial charge in [-0.1, -0.05) is 18.6 Å². The minimum atomic E-state index is -0.521. The van der Waals surface area contributed by atoms with E-state index < -0.39 is 5.41 Å². The highest BCUT2D eigenvalue weighted by atomic mass is 32.1. The largest absolute Gasteiger partial charge is 0.301 e. The van der Waals surface area contributed by atoms with E-state index in [9.17, 15) is 9.18 Å². The van der Waals surface area contributed by atoms with Crippen molar-refractivity contribution >= 4 is 22.4 Å². The van der Waals surface area contributed by atoms with Crippen molar-refractivity contribution in [3.63, 3.8) is 0 Å². The maximum Gasteiger partial charge on any atom is 0.236 e. The van der Waals surface area contributed by atoms with Crippen LogP contribution < -0.4 is 5.32 Å². The number of hydrogen-bond acceptors (Lipinski definition) is 3. The average Bonchev–Trinajstić information content (AvgIpc) is 2.76. The standard InChI is InChI=1S/C15H15FN2OS/c1-10-9-20-14(17-10)18-13(19)15(7-2-8-15)11-3-5-12(16)6-4-11/h3-6,9H,2,7-8H2,1H3,(H,17,18,19). The summed E-state index contributed by atoms with van der Waals surface area (Å²) >= 11 is 1.42. The Balaban J connectivity index is 1.85. The van der Waals surface area contributed by atoms with Crippen molar-refractivity contribution in [2.45, 2.75) is 31.6 Å². The second kappa shape index (κ2) is 4.98. The van der Waals surface area contributed by atoms with Gasteiger partial charge in [-0.25, -0.2) is 9.37 Å². The number of rotatable bonds is 3. The Hall–Kier alpha value is -1.75. The zero-order chi connectivity index (χ0) is 14.2. The molecule has 5 heteroatoms. The molecule has 1 N–H and O–H groups in total. The Morgan fingerprint density at radius 2 is 2.05 bits per heavy atom. The van der Waals surface area contributed by atoms with E-state index in [1.54, 1.807) is 12.1 Å². The number of thiazole rings is 1. The predicted octanol–water partition coefficient (Wildman–Crippen LogP) is 3.65. The molecule has 0 aliphatic heterocycles. The molecule has 20 heavy (non-hydrogen) atoms. The zero-order valence-corrected chi connectivity index (χ0v) is 12.0. The molecule has 0 atom stereocenters. The van der Waals surface area contributed by atoms with Crippen LogP contribution in [0.3, 0.4) is 0 Å². The Morgan fingerprint density at radius 3 is 2.55 bits per heavy atom. The van der Waals surface area contributed by atoms with E-state index in [0.29, 0.717) is 5.13 Å². The van der Waals surface area contributed by atoms with Crippen LogP contribution in [0.2, 0.25) is 0 Å². The van der Waals surface area contributed by atoms with Gasteiger partial charge in [0.25, 0.3) is 0 Å². The number of nitrogens with one attached hydrogen (secondary N) is 1. The third-order valence-corrected chi connectivity index (χ3v) is 4.75. The first-order valence-corrected chi connectivity index (χ1v) is 7.48. The van der Waals surface area contributed by atoms with E-state index in [1.165, 1.54) is 23.5 Å². The number of aromatic nitrogens is 1. The number of carbonyl (C=O) groups excluding carboxylic acids is 1. The van der Waals surface area contributed by atoms with E-state index in [-0.39, 0.29) is 11.7 Å². The molecule has 1 aliphatic carbocycles. The fraction of sp³-hybridized carbons (Fsp3) is 0.333. The molecule has 1 heterocycles. The topological polar surface area (TPSA) is 42.0 Å². The van der Waals surface area contributed by atoms with Crippen molar-refractivity contribution < 1.29 is 9.18 Å². The summed E-state index contributed by atoms with van der Waals surface area (Å²) in [5, 5.41) is 5.42. The number of aryl methyl sites for hydroxylation is 1. The van der Waals surface area contributed by atoms with E-state index in [1.807, 2.05) is 12.3 Å². The van der Waals surface area contributed by atoms with E-state index in [0.717, 1.165) is 30.5 Å². The maximum absolute atomic E-state index is 13.0. The third-order valence-electron chi connectivity index (χ3n) is 3.88. The predicted molar refractivity (Wildman–Crippen MR) is 77.4 cm³/mol. The fourth-order valence-corrected chi connectivity index (χ4v) is 3.26. The van der Waals surface area contributed by atoms with Crippen LogP contribution in [0.1, 0.15) is 30.5 Å². The van der Waals surface area contributed by atoms with E-state index in [4.69, 9.17) is 0 Å². The summed E-state index contributed by atoms with van der Waals surface area (Å²) in [7, 11) is 0. The minimum absolute atomic E-state index is 0.0373. The third kappa shape index (κ3) is 2.22. The first-order chi connectivity index (χ1) is 9.60. The Bertz CT molecular complexity index is 632. The maximum atomic E-state index is 13.0. The molecular weight excluding hydrogens is 275 g/mol. The zero-order valence-electron chi connectivity index (χ0n) is 11.1. The smallest absolute Gasteiger partial charge is 0.236 e. The van der Waals surface area contributed by atoms with Gasteiger partial charge in [0.05, 0.1) is 11.1 Å².